The van der Waals surface area contributed by atoms with E-state index in [1.807, 2.05) is 0 Å². The second-order valence-corrected chi connectivity index (χ2v) is 9.18. The van der Waals surface area contributed by atoms with Gasteiger partial charge in [0.25, 0.3) is 5.91 Å². The van der Waals surface area contributed by atoms with E-state index in [2.05, 4.69) is 10.2 Å². The number of carbonyl (C=O) groups excluding carboxylic acids is 1. The predicted molar refractivity (Wildman–Crippen MR) is 120 cm³/mol. The van der Waals surface area contributed by atoms with Gasteiger partial charge in [0.1, 0.15) is 17.2 Å². The van der Waals surface area contributed by atoms with Crippen molar-refractivity contribution < 1.29 is 27.4 Å². The molecule has 1 fully saturated rings. The van der Waals surface area contributed by atoms with Gasteiger partial charge >= 0.3 is 0 Å². The molecule has 0 unspecified atom stereocenters. The molecule has 3 rings (SSSR count). The van der Waals surface area contributed by atoms with Crippen LogP contribution in [0.4, 0.5) is 0 Å². The summed E-state index contributed by atoms with van der Waals surface area (Å²) >= 11 is 0. The molecule has 32 heavy (non-hydrogen) atoms. The summed E-state index contributed by atoms with van der Waals surface area (Å²) in [7, 11) is -0.417. The molecule has 0 saturated carbocycles. The van der Waals surface area contributed by atoms with Crippen LogP contribution in [-0.2, 0) is 14.8 Å². The molecule has 1 N–H and O–H groups in total. The number of benzene rings is 2. The van der Waals surface area contributed by atoms with Crippen LogP contribution in [0.3, 0.4) is 0 Å². The van der Waals surface area contributed by atoms with E-state index in [-0.39, 0.29) is 17.4 Å². The van der Waals surface area contributed by atoms with Gasteiger partial charge in [0, 0.05) is 45.3 Å². The Labute approximate surface area is 188 Å². The summed E-state index contributed by atoms with van der Waals surface area (Å²) in [6.45, 7) is 3.04. The van der Waals surface area contributed by atoms with Gasteiger partial charge in [0.05, 0.1) is 19.1 Å². The maximum atomic E-state index is 12.8. The Kier molecular flexibility index (Phi) is 8.32. The summed E-state index contributed by atoms with van der Waals surface area (Å²) in [5.74, 6) is 1.63. The van der Waals surface area contributed by atoms with Gasteiger partial charge in [-0.15, -0.1) is 0 Å². The fraction of sp³-hybridized carbons (Fsp3) is 0.409. The Balaban J connectivity index is 1.37. The number of nitrogens with one attached hydrogen (secondary N) is 1. The van der Waals surface area contributed by atoms with Crippen molar-refractivity contribution in [3.05, 3.63) is 48.5 Å². The summed E-state index contributed by atoms with van der Waals surface area (Å²) in [5, 5.41) is 2.83. The van der Waals surface area contributed by atoms with Crippen LogP contribution in [0.25, 0.3) is 0 Å². The topological polar surface area (TPSA) is 97.4 Å². The van der Waals surface area contributed by atoms with Crippen LogP contribution in [0.5, 0.6) is 17.2 Å². The van der Waals surface area contributed by atoms with Crippen LogP contribution in [0.1, 0.15) is 0 Å². The predicted octanol–water partition coefficient (Wildman–Crippen LogP) is 1.21. The van der Waals surface area contributed by atoms with Crippen molar-refractivity contribution in [2.75, 3.05) is 60.1 Å². The number of ether oxygens (including phenoxy) is 3. The lowest BCUT2D eigenvalue weighted by atomic mass is 10.3. The highest BCUT2D eigenvalue weighted by Crippen LogP contribution is 2.21. The largest absolute Gasteiger partial charge is 0.497 e. The van der Waals surface area contributed by atoms with Gasteiger partial charge in [-0.25, -0.2) is 8.42 Å². The van der Waals surface area contributed by atoms with Crippen LogP contribution in [0.2, 0.25) is 0 Å². The maximum Gasteiger partial charge on any atom is 0.257 e. The van der Waals surface area contributed by atoms with Crippen LogP contribution in [0, 0.1) is 0 Å². The summed E-state index contributed by atoms with van der Waals surface area (Å²) in [5.41, 5.74) is 0. The Morgan fingerprint density at radius 3 is 2.25 bits per heavy atom. The number of hydrogen-bond acceptors (Lipinski definition) is 7. The zero-order chi connectivity index (χ0) is 23.0. The highest BCUT2D eigenvalue weighted by molar-refractivity contribution is 7.89. The zero-order valence-corrected chi connectivity index (χ0v) is 19.1. The van der Waals surface area contributed by atoms with Crippen molar-refractivity contribution in [2.45, 2.75) is 4.90 Å². The molecule has 1 aliphatic rings. The van der Waals surface area contributed by atoms with Crippen LogP contribution in [0.15, 0.2) is 53.4 Å². The maximum absolute atomic E-state index is 12.8. The third-order valence-electron chi connectivity index (χ3n) is 5.19. The van der Waals surface area contributed by atoms with Gasteiger partial charge in [-0.1, -0.05) is 6.07 Å². The van der Waals surface area contributed by atoms with E-state index >= 15 is 0 Å². The molecule has 0 spiro atoms. The summed E-state index contributed by atoms with van der Waals surface area (Å²) in [6, 6.07) is 13.5. The Morgan fingerprint density at radius 1 is 0.938 bits per heavy atom. The fourth-order valence-corrected chi connectivity index (χ4v) is 4.76. The first-order valence-electron chi connectivity index (χ1n) is 10.3. The SMILES string of the molecule is COc1ccc(S(=O)(=O)N2CCN(CCNC(=O)COc3cccc(OC)c3)CC2)cc1. The molecule has 1 saturated heterocycles. The van der Waals surface area contributed by atoms with Gasteiger partial charge in [-0.05, 0) is 36.4 Å². The lowest BCUT2D eigenvalue weighted by Gasteiger charge is -2.34. The standard InChI is InChI=1S/C22H29N3O6S/c1-29-18-6-8-21(9-7-18)32(27,28)25-14-12-24(13-15-25)11-10-23-22(26)17-31-20-5-3-4-19(16-20)30-2/h3-9,16H,10-15,17H2,1-2H3,(H,23,26). The van der Waals surface area contributed by atoms with Gasteiger partial charge in [0.15, 0.2) is 6.61 Å². The Morgan fingerprint density at radius 2 is 1.59 bits per heavy atom. The van der Waals surface area contributed by atoms with Crippen molar-refractivity contribution in [2.24, 2.45) is 0 Å². The van der Waals surface area contributed by atoms with E-state index in [0.29, 0.717) is 56.5 Å². The molecular formula is C22H29N3O6S. The Hall–Kier alpha value is -2.82. The first kappa shape index (κ1) is 23.8. The van der Waals surface area contributed by atoms with Crippen molar-refractivity contribution in [3.8, 4) is 17.2 Å². The lowest BCUT2D eigenvalue weighted by Crippen LogP contribution is -2.50. The first-order chi connectivity index (χ1) is 15.4. The average molecular weight is 464 g/mol. The molecule has 0 aromatic heterocycles. The van der Waals surface area contributed by atoms with Gasteiger partial charge in [-0.2, -0.15) is 4.31 Å². The molecule has 0 radical (unpaired) electrons. The molecule has 1 heterocycles. The highest BCUT2D eigenvalue weighted by Gasteiger charge is 2.28. The highest BCUT2D eigenvalue weighted by atomic mass is 32.2. The molecule has 1 amide bonds. The summed E-state index contributed by atoms with van der Waals surface area (Å²) in [6.07, 6.45) is 0. The van der Waals surface area contributed by atoms with E-state index in [0.717, 1.165) is 0 Å². The number of sulfonamides is 1. The van der Waals surface area contributed by atoms with Gasteiger partial charge < -0.3 is 19.5 Å². The molecule has 0 aliphatic carbocycles. The van der Waals surface area contributed by atoms with E-state index in [4.69, 9.17) is 14.2 Å². The third-order valence-corrected chi connectivity index (χ3v) is 7.10. The molecule has 174 valence electrons. The number of nitrogens with zero attached hydrogens (tertiary/aromatic N) is 2. The smallest absolute Gasteiger partial charge is 0.257 e. The molecule has 0 bridgehead atoms. The van der Waals surface area contributed by atoms with E-state index in [1.165, 1.54) is 4.31 Å². The number of carbonyl (C=O) groups is 1. The number of methoxy groups -OCH3 is 2. The summed E-state index contributed by atoms with van der Waals surface area (Å²) < 4.78 is 42.8. The molecule has 2 aromatic rings. The van der Waals surface area contributed by atoms with E-state index in [1.54, 1.807) is 62.8 Å². The monoisotopic (exact) mass is 463 g/mol. The molecule has 1 aliphatic heterocycles. The van der Waals surface area contributed by atoms with Crippen LogP contribution < -0.4 is 19.5 Å². The molecule has 9 nitrogen and oxygen atoms in total. The number of piperazine rings is 1. The molecule has 2 aromatic carbocycles. The summed E-state index contributed by atoms with van der Waals surface area (Å²) in [4.78, 5) is 14.4. The minimum atomic E-state index is -3.53. The molecule has 0 atom stereocenters. The van der Waals surface area contributed by atoms with Crippen LogP contribution >= 0.6 is 0 Å². The van der Waals surface area contributed by atoms with Crippen molar-refractivity contribution in [1.82, 2.24) is 14.5 Å². The lowest BCUT2D eigenvalue weighted by molar-refractivity contribution is -0.123. The van der Waals surface area contributed by atoms with Crippen molar-refractivity contribution in [3.63, 3.8) is 0 Å². The average Bonchev–Trinajstić information content (AvgIpc) is 2.83. The normalized spacial score (nSPS) is 15.2. The van der Waals surface area contributed by atoms with E-state index < -0.39 is 10.0 Å². The van der Waals surface area contributed by atoms with Gasteiger partial charge in [0.2, 0.25) is 10.0 Å². The fourth-order valence-electron chi connectivity index (χ4n) is 3.33. The number of hydrogen-bond donors (Lipinski definition) is 1. The minimum Gasteiger partial charge on any atom is -0.497 e. The molecule has 10 heteroatoms. The van der Waals surface area contributed by atoms with Crippen molar-refractivity contribution >= 4 is 15.9 Å². The van der Waals surface area contributed by atoms with Gasteiger partial charge in [-0.3, -0.25) is 9.69 Å². The quantitative estimate of drug-likeness (QED) is 0.566. The first-order valence-corrected chi connectivity index (χ1v) is 11.8. The number of rotatable bonds is 10. The third kappa shape index (κ3) is 6.35. The van der Waals surface area contributed by atoms with Crippen molar-refractivity contribution in [1.29, 1.82) is 0 Å². The molecular weight excluding hydrogens is 434 g/mol. The van der Waals surface area contributed by atoms with Crippen LogP contribution in [-0.4, -0.2) is 83.6 Å². The Bertz CT molecular complexity index is 989. The second kappa shape index (κ2) is 11.2. The second-order valence-electron chi connectivity index (χ2n) is 7.24. The van der Waals surface area contributed by atoms with E-state index in [9.17, 15) is 13.2 Å². The number of amides is 1. The minimum absolute atomic E-state index is 0.0823. The zero-order valence-electron chi connectivity index (χ0n) is 18.3.